The van der Waals surface area contributed by atoms with Gasteiger partial charge >= 0.3 is 0 Å². The van der Waals surface area contributed by atoms with Crippen molar-refractivity contribution in [2.45, 2.75) is 52.2 Å². The molecule has 33 heavy (non-hydrogen) atoms. The van der Waals surface area contributed by atoms with Gasteiger partial charge in [-0.05, 0) is 74.4 Å². The Morgan fingerprint density at radius 1 is 0.970 bits per heavy atom. The van der Waals surface area contributed by atoms with Crippen LogP contribution >= 0.6 is 0 Å². The van der Waals surface area contributed by atoms with Crippen molar-refractivity contribution < 1.29 is 13.6 Å². The van der Waals surface area contributed by atoms with Crippen molar-refractivity contribution in [3.05, 3.63) is 95.2 Å². The van der Waals surface area contributed by atoms with Gasteiger partial charge in [0.05, 0.1) is 6.54 Å². The zero-order chi connectivity index (χ0) is 23.2. The lowest BCUT2D eigenvalue weighted by molar-refractivity contribution is 0.0653. The normalized spacial score (nSPS) is 14.9. The number of furan rings is 1. The van der Waals surface area contributed by atoms with Crippen molar-refractivity contribution in [2.24, 2.45) is 5.92 Å². The van der Waals surface area contributed by atoms with Crippen LogP contribution in [0.4, 0.5) is 4.39 Å². The Labute approximate surface area is 196 Å². The molecule has 0 aliphatic carbocycles. The number of piperidine rings is 1. The van der Waals surface area contributed by atoms with Crippen LogP contribution in [0.3, 0.4) is 0 Å². The van der Waals surface area contributed by atoms with E-state index in [4.69, 9.17) is 4.42 Å². The molecule has 0 atom stereocenters. The molecule has 1 amide bonds. The van der Waals surface area contributed by atoms with Gasteiger partial charge in [0.1, 0.15) is 11.6 Å². The zero-order valence-corrected chi connectivity index (χ0v) is 19.5. The van der Waals surface area contributed by atoms with E-state index >= 15 is 0 Å². The second kappa shape index (κ2) is 10.8. The lowest BCUT2D eigenvalue weighted by Gasteiger charge is -2.31. The number of nitrogens with zero attached hydrogens (tertiary/aromatic N) is 2. The average molecular weight is 449 g/mol. The predicted molar refractivity (Wildman–Crippen MR) is 128 cm³/mol. The first-order chi connectivity index (χ1) is 16.0. The van der Waals surface area contributed by atoms with Crippen LogP contribution in [0, 0.1) is 11.7 Å². The topological polar surface area (TPSA) is 36.7 Å². The number of carbonyl (C=O) groups excluding carboxylic acids is 1. The van der Waals surface area contributed by atoms with Crippen LogP contribution in [0.15, 0.2) is 71.1 Å². The van der Waals surface area contributed by atoms with Crippen LogP contribution < -0.4 is 0 Å². The van der Waals surface area contributed by atoms with Gasteiger partial charge in [-0.2, -0.15) is 0 Å². The largest absolute Gasteiger partial charge is 0.455 e. The second-order valence-electron chi connectivity index (χ2n) is 9.32. The minimum absolute atomic E-state index is 0.0194. The molecule has 174 valence electrons. The quantitative estimate of drug-likeness (QED) is 0.429. The van der Waals surface area contributed by atoms with Gasteiger partial charge < -0.3 is 9.32 Å². The number of hydrogen-bond acceptors (Lipinski definition) is 3. The van der Waals surface area contributed by atoms with Gasteiger partial charge in [-0.3, -0.25) is 9.69 Å². The highest BCUT2D eigenvalue weighted by atomic mass is 19.1. The zero-order valence-electron chi connectivity index (χ0n) is 19.5. The summed E-state index contributed by atoms with van der Waals surface area (Å²) in [4.78, 5) is 17.2. The first kappa shape index (κ1) is 23.2. The molecule has 2 aromatic carbocycles. The van der Waals surface area contributed by atoms with Gasteiger partial charge in [0.15, 0.2) is 5.76 Å². The molecule has 0 unspecified atom stereocenters. The molecule has 3 aromatic rings. The molecule has 0 saturated carbocycles. The third-order valence-electron chi connectivity index (χ3n) is 6.53. The maximum atomic E-state index is 13.2. The summed E-state index contributed by atoms with van der Waals surface area (Å²) >= 11 is 0. The van der Waals surface area contributed by atoms with Gasteiger partial charge in [0, 0.05) is 25.7 Å². The maximum Gasteiger partial charge on any atom is 0.289 e. The van der Waals surface area contributed by atoms with E-state index in [0.29, 0.717) is 24.8 Å². The fourth-order valence-electron chi connectivity index (χ4n) is 4.47. The second-order valence-corrected chi connectivity index (χ2v) is 9.32. The summed E-state index contributed by atoms with van der Waals surface area (Å²) in [6, 6.07) is 21.1. The fraction of sp³-hybridized carbons (Fsp3) is 0.393. The highest BCUT2D eigenvalue weighted by molar-refractivity contribution is 5.91. The fourth-order valence-corrected chi connectivity index (χ4v) is 4.47. The van der Waals surface area contributed by atoms with E-state index in [2.05, 4.69) is 43.0 Å². The van der Waals surface area contributed by atoms with Crippen molar-refractivity contribution in [3.8, 4) is 0 Å². The van der Waals surface area contributed by atoms with E-state index < -0.39 is 0 Å². The van der Waals surface area contributed by atoms with E-state index in [0.717, 1.165) is 43.7 Å². The molecule has 1 saturated heterocycles. The Balaban J connectivity index is 1.31. The maximum absolute atomic E-state index is 13.2. The number of benzene rings is 2. The molecular formula is C28H33FN2O2. The van der Waals surface area contributed by atoms with E-state index in [1.165, 1.54) is 17.7 Å². The predicted octanol–water partition coefficient (Wildman–Crippen LogP) is 5.92. The van der Waals surface area contributed by atoms with Gasteiger partial charge in [0.25, 0.3) is 5.91 Å². The molecule has 0 radical (unpaired) electrons. The summed E-state index contributed by atoms with van der Waals surface area (Å²) < 4.78 is 19.2. The summed E-state index contributed by atoms with van der Waals surface area (Å²) in [6.07, 6.45) is 3.12. The summed E-state index contributed by atoms with van der Waals surface area (Å²) in [6.45, 7) is 7.08. The van der Waals surface area contributed by atoms with Crippen LogP contribution in [0.1, 0.15) is 54.1 Å². The molecule has 0 N–H and O–H groups in total. The van der Waals surface area contributed by atoms with Crippen LogP contribution in [0.2, 0.25) is 0 Å². The van der Waals surface area contributed by atoms with Gasteiger partial charge in [-0.15, -0.1) is 0 Å². The summed E-state index contributed by atoms with van der Waals surface area (Å²) in [5, 5.41) is 0. The first-order valence-electron chi connectivity index (χ1n) is 11.9. The number of likely N-dealkylation sites (tertiary alicyclic amines) is 1. The van der Waals surface area contributed by atoms with E-state index in [9.17, 15) is 9.18 Å². The van der Waals surface area contributed by atoms with Gasteiger partial charge in [-0.1, -0.05) is 42.5 Å². The smallest absolute Gasteiger partial charge is 0.289 e. The molecule has 2 heterocycles. The molecule has 1 aromatic heterocycles. The molecule has 1 fully saturated rings. The van der Waals surface area contributed by atoms with Crippen LogP contribution in [-0.2, 0) is 19.5 Å². The van der Waals surface area contributed by atoms with Gasteiger partial charge in [-0.25, -0.2) is 4.39 Å². The van der Waals surface area contributed by atoms with Crippen LogP contribution in [0.5, 0.6) is 0 Å². The standard InChI is InChI=1S/C28H33FN2O2/c1-21(2)31(19-24-8-10-25(29)11-9-24)20-26-12-13-27(33-26)28(32)30-16-14-23(15-17-30)18-22-6-4-3-5-7-22/h3-13,21,23H,14-20H2,1-2H3. The van der Waals surface area contributed by atoms with Crippen molar-refractivity contribution >= 4 is 5.91 Å². The highest BCUT2D eigenvalue weighted by Gasteiger charge is 2.26. The third-order valence-corrected chi connectivity index (χ3v) is 6.53. The SMILES string of the molecule is CC(C)N(Cc1ccc(F)cc1)Cc1ccc(C(=O)N2CCC(Cc3ccccc3)CC2)o1. The van der Waals surface area contributed by atoms with E-state index in [1.807, 2.05) is 29.2 Å². The monoisotopic (exact) mass is 448 g/mol. The lowest BCUT2D eigenvalue weighted by Crippen LogP contribution is -2.38. The summed E-state index contributed by atoms with van der Waals surface area (Å²) in [5.41, 5.74) is 2.42. The molecule has 4 nitrogen and oxygen atoms in total. The third kappa shape index (κ3) is 6.32. The molecule has 5 heteroatoms. The minimum atomic E-state index is -0.229. The Bertz CT molecular complexity index is 1020. The molecule has 0 bridgehead atoms. The van der Waals surface area contributed by atoms with Crippen molar-refractivity contribution in [1.29, 1.82) is 0 Å². The van der Waals surface area contributed by atoms with E-state index in [-0.39, 0.29) is 17.8 Å². The number of carbonyl (C=O) groups is 1. The van der Waals surface area contributed by atoms with Crippen molar-refractivity contribution in [1.82, 2.24) is 9.80 Å². The van der Waals surface area contributed by atoms with Crippen molar-refractivity contribution in [3.63, 3.8) is 0 Å². The average Bonchev–Trinajstić information content (AvgIpc) is 3.29. The molecule has 4 rings (SSSR count). The molecular weight excluding hydrogens is 415 g/mol. The van der Waals surface area contributed by atoms with Crippen LogP contribution in [0.25, 0.3) is 0 Å². The summed E-state index contributed by atoms with van der Waals surface area (Å²) in [7, 11) is 0. The highest BCUT2D eigenvalue weighted by Crippen LogP contribution is 2.24. The Morgan fingerprint density at radius 3 is 2.33 bits per heavy atom. The molecule has 1 aliphatic heterocycles. The number of hydrogen-bond donors (Lipinski definition) is 0. The van der Waals surface area contributed by atoms with Gasteiger partial charge in [0.2, 0.25) is 0 Å². The Hall–Kier alpha value is -2.92. The summed E-state index contributed by atoms with van der Waals surface area (Å²) in [5.74, 6) is 1.56. The number of amides is 1. The minimum Gasteiger partial charge on any atom is -0.455 e. The Morgan fingerprint density at radius 2 is 1.67 bits per heavy atom. The van der Waals surface area contributed by atoms with Crippen LogP contribution in [-0.4, -0.2) is 34.8 Å². The molecule has 1 aliphatic rings. The number of halogens is 1. The first-order valence-corrected chi connectivity index (χ1v) is 11.9. The number of rotatable bonds is 8. The molecule has 0 spiro atoms. The lowest BCUT2D eigenvalue weighted by atomic mass is 9.90. The van der Waals surface area contributed by atoms with E-state index in [1.54, 1.807) is 6.07 Å². The Kier molecular flexibility index (Phi) is 7.61. The van der Waals surface area contributed by atoms with Crippen molar-refractivity contribution in [2.75, 3.05) is 13.1 Å².